The van der Waals surface area contributed by atoms with Crippen LogP contribution in [-0.2, 0) is 14.4 Å². The average Bonchev–Trinajstić information content (AvgIpc) is 3.57. The highest BCUT2D eigenvalue weighted by Gasteiger charge is 2.27. The summed E-state index contributed by atoms with van der Waals surface area (Å²) < 4.78 is 0. The Labute approximate surface area is 207 Å². The summed E-state index contributed by atoms with van der Waals surface area (Å²) in [5.41, 5.74) is 4.80. The van der Waals surface area contributed by atoms with Gasteiger partial charge in [-0.15, -0.1) is 0 Å². The van der Waals surface area contributed by atoms with Crippen molar-refractivity contribution in [1.82, 2.24) is 4.98 Å². The molecule has 0 spiro atoms. The summed E-state index contributed by atoms with van der Waals surface area (Å²) in [6, 6.07) is 3.44. The maximum absolute atomic E-state index is 12.7. The van der Waals surface area contributed by atoms with E-state index in [1.54, 1.807) is 48.6 Å². The molecule has 4 aliphatic rings. The molecule has 8 heteroatoms. The molecule has 0 amide bonds. The number of aliphatic hydroxyl groups is 1. The number of hydrogen-bond acceptors (Lipinski definition) is 7. The SMILES string of the molecule is CC(=O)C1=C2C=CC(=N2)C(=C(C)O)C2=NC(=C(C(C)=O)c3ccc([nH]3)C(C(C)=O)=C3C=CC1=N3)C=C2. The fourth-order valence-electron chi connectivity index (χ4n) is 4.62. The molecule has 0 saturated carbocycles. The number of nitrogens with zero attached hydrogens (tertiary/aromatic N) is 3. The van der Waals surface area contributed by atoms with E-state index in [0.29, 0.717) is 67.9 Å². The van der Waals surface area contributed by atoms with E-state index in [1.165, 1.54) is 27.7 Å². The van der Waals surface area contributed by atoms with Crippen LogP contribution in [0, 0.1) is 0 Å². The quantitative estimate of drug-likeness (QED) is 0.627. The first-order valence-electron chi connectivity index (χ1n) is 11.3. The largest absolute Gasteiger partial charge is 0.512 e. The summed E-state index contributed by atoms with van der Waals surface area (Å²) in [6.45, 7) is 5.85. The number of H-pyrrole nitrogens is 1. The van der Waals surface area contributed by atoms with Gasteiger partial charge < -0.3 is 10.1 Å². The van der Waals surface area contributed by atoms with E-state index < -0.39 is 0 Å². The number of allylic oxidation sites excluding steroid dienone is 11. The van der Waals surface area contributed by atoms with Gasteiger partial charge in [-0.3, -0.25) is 14.4 Å². The van der Waals surface area contributed by atoms with E-state index in [2.05, 4.69) is 20.0 Å². The lowest BCUT2D eigenvalue weighted by molar-refractivity contribution is -0.113. The van der Waals surface area contributed by atoms with Crippen LogP contribution in [0.4, 0.5) is 0 Å². The average molecular weight is 479 g/mol. The summed E-state index contributed by atoms with van der Waals surface area (Å²) >= 11 is 0. The lowest BCUT2D eigenvalue weighted by atomic mass is 10.0. The van der Waals surface area contributed by atoms with Gasteiger partial charge in [-0.25, -0.2) is 15.0 Å². The maximum Gasteiger partial charge on any atom is 0.164 e. The second-order valence-corrected chi connectivity index (χ2v) is 8.69. The van der Waals surface area contributed by atoms with Crippen molar-refractivity contribution in [3.63, 3.8) is 0 Å². The van der Waals surface area contributed by atoms with E-state index in [9.17, 15) is 19.5 Å². The molecule has 5 heterocycles. The number of aromatic amines is 1. The van der Waals surface area contributed by atoms with Gasteiger partial charge >= 0.3 is 0 Å². The van der Waals surface area contributed by atoms with Crippen LogP contribution in [0.1, 0.15) is 39.1 Å². The van der Waals surface area contributed by atoms with Crippen molar-refractivity contribution < 1.29 is 19.5 Å². The van der Waals surface area contributed by atoms with Crippen LogP contribution in [0.2, 0.25) is 0 Å². The van der Waals surface area contributed by atoms with Gasteiger partial charge in [-0.2, -0.15) is 0 Å². The summed E-state index contributed by atoms with van der Waals surface area (Å²) in [5, 5.41) is 10.5. The second kappa shape index (κ2) is 8.49. The Morgan fingerprint density at radius 1 is 0.611 bits per heavy atom. The van der Waals surface area contributed by atoms with Gasteiger partial charge in [0, 0.05) is 0 Å². The summed E-state index contributed by atoms with van der Waals surface area (Å²) in [5.74, 6) is -0.681. The molecule has 178 valence electrons. The molecule has 0 aliphatic carbocycles. The molecular weight excluding hydrogens is 456 g/mol. The molecule has 0 fully saturated rings. The van der Waals surface area contributed by atoms with Gasteiger partial charge in [0.25, 0.3) is 0 Å². The number of carbonyl (C=O) groups is 3. The topological polar surface area (TPSA) is 124 Å². The van der Waals surface area contributed by atoms with Crippen LogP contribution >= 0.6 is 0 Å². The predicted octanol–water partition coefficient (Wildman–Crippen LogP) is 4.34. The van der Waals surface area contributed by atoms with Crippen molar-refractivity contribution in [3.8, 4) is 0 Å². The number of rotatable bonds is 3. The Hall–Kier alpha value is -4.72. The fourth-order valence-corrected chi connectivity index (χ4v) is 4.62. The lowest BCUT2D eigenvalue weighted by Gasteiger charge is -2.08. The Kier molecular flexibility index (Phi) is 5.44. The van der Waals surface area contributed by atoms with Crippen LogP contribution in [-0.4, -0.2) is 44.6 Å². The highest BCUT2D eigenvalue weighted by Crippen LogP contribution is 2.32. The zero-order chi connectivity index (χ0) is 25.7. The van der Waals surface area contributed by atoms with Gasteiger partial charge in [0.1, 0.15) is 5.76 Å². The Bertz CT molecular complexity index is 1600. The number of aliphatic imine (C=N–C) groups is 3. The Balaban J connectivity index is 1.87. The molecule has 1 aromatic rings. The summed E-state index contributed by atoms with van der Waals surface area (Å²) in [4.78, 5) is 55.1. The van der Waals surface area contributed by atoms with Crippen molar-refractivity contribution >= 4 is 45.6 Å². The molecule has 36 heavy (non-hydrogen) atoms. The third kappa shape index (κ3) is 3.73. The highest BCUT2D eigenvalue weighted by molar-refractivity contribution is 6.35. The van der Waals surface area contributed by atoms with Crippen molar-refractivity contribution in [2.24, 2.45) is 15.0 Å². The standard InChI is InChI=1S/C28H22N4O4/c1-13(33)25-17-5-7-19(29-17)26(14(2)34)21-9-11-23(31-21)28(16(4)36)24-12-10-22(32-24)27(15(3)35)20-8-6-18(25)30-20/h5-12,29,35H,1-4H3. The van der Waals surface area contributed by atoms with Crippen LogP contribution in [0.25, 0.3) is 11.1 Å². The van der Waals surface area contributed by atoms with Crippen LogP contribution < -0.4 is 0 Å². The predicted molar refractivity (Wildman–Crippen MR) is 139 cm³/mol. The molecule has 0 radical (unpaired) electrons. The number of nitrogens with one attached hydrogen (secondary N) is 1. The number of aliphatic hydroxyl groups excluding tert-OH is 1. The van der Waals surface area contributed by atoms with Gasteiger partial charge in [0.15, 0.2) is 17.3 Å². The second-order valence-electron chi connectivity index (χ2n) is 8.69. The molecule has 0 atom stereocenters. The minimum atomic E-state index is -0.238. The van der Waals surface area contributed by atoms with Crippen molar-refractivity contribution in [3.05, 3.63) is 94.0 Å². The van der Waals surface area contributed by atoms with Crippen molar-refractivity contribution in [2.45, 2.75) is 27.7 Å². The zero-order valence-corrected chi connectivity index (χ0v) is 20.1. The first kappa shape index (κ1) is 23.0. The monoisotopic (exact) mass is 478 g/mol. The Morgan fingerprint density at radius 3 is 1.42 bits per heavy atom. The summed E-state index contributed by atoms with van der Waals surface area (Å²) in [7, 11) is 0. The van der Waals surface area contributed by atoms with E-state index in [-0.39, 0.29) is 23.1 Å². The smallest absolute Gasteiger partial charge is 0.164 e. The molecule has 0 aromatic carbocycles. The van der Waals surface area contributed by atoms with Gasteiger partial charge in [0.05, 0.1) is 67.9 Å². The summed E-state index contributed by atoms with van der Waals surface area (Å²) in [6.07, 6.45) is 10.1. The minimum Gasteiger partial charge on any atom is -0.512 e. The third-order valence-corrected chi connectivity index (χ3v) is 6.10. The zero-order valence-electron chi connectivity index (χ0n) is 20.1. The maximum atomic E-state index is 12.7. The van der Waals surface area contributed by atoms with E-state index in [0.717, 1.165) is 0 Å². The fraction of sp³-hybridized carbons (Fsp3) is 0.143. The minimum absolute atomic E-state index is 0.00394. The van der Waals surface area contributed by atoms with Crippen LogP contribution in [0.3, 0.4) is 0 Å². The van der Waals surface area contributed by atoms with E-state index in [4.69, 9.17) is 0 Å². The molecule has 4 aliphatic heterocycles. The normalized spacial score (nSPS) is 19.7. The number of aromatic nitrogens is 1. The van der Waals surface area contributed by atoms with Gasteiger partial charge in [-0.1, -0.05) is 0 Å². The van der Waals surface area contributed by atoms with E-state index in [1.807, 2.05) is 0 Å². The van der Waals surface area contributed by atoms with Gasteiger partial charge in [0.2, 0.25) is 0 Å². The van der Waals surface area contributed by atoms with Gasteiger partial charge in [-0.05, 0) is 76.3 Å². The number of Topliss-reactive ketones (excluding diaryl/α,β-unsaturated/α-hetero) is 3. The first-order valence-corrected chi connectivity index (χ1v) is 11.3. The number of hydrogen-bond donors (Lipinski definition) is 2. The lowest BCUT2D eigenvalue weighted by Crippen LogP contribution is -2.11. The number of carbonyl (C=O) groups excluding carboxylic acids is 3. The molecule has 2 N–H and O–H groups in total. The molecule has 0 unspecified atom stereocenters. The van der Waals surface area contributed by atoms with Crippen molar-refractivity contribution in [1.29, 1.82) is 0 Å². The van der Waals surface area contributed by atoms with Crippen molar-refractivity contribution in [2.75, 3.05) is 0 Å². The molecule has 8 bridgehead atoms. The van der Waals surface area contributed by atoms with Crippen LogP contribution in [0.15, 0.2) is 97.6 Å². The number of fused-ring (bicyclic) bond motifs is 5. The van der Waals surface area contributed by atoms with Crippen LogP contribution in [0.5, 0.6) is 0 Å². The number of ketones is 3. The molecule has 5 rings (SSSR count). The Morgan fingerprint density at radius 2 is 1.00 bits per heavy atom. The molecule has 0 saturated heterocycles. The molecule has 8 nitrogen and oxygen atoms in total. The highest BCUT2D eigenvalue weighted by atomic mass is 16.3. The van der Waals surface area contributed by atoms with E-state index >= 15 is 0 Å². The third-order valence-electron chi connectivity index (χ3n) is 6.10. The molecule has 1 aromatic heterocycles. The first-order chi connectivity index (χ1) is 17.2. The molecular formula is C28H22N4O4.